The number of pyridine rings is 2. The quantitative estimate of drug-likeness (QED) is 0.279. The van der Waals surface area contributed by atoms with Crippen LogP contribution in [0.15, 0.2) is 36.7 Å². The molecule has 37 heavy (non-hydrogen) atoms. The number of hydrogen-bond acceptors (Lipinski definition) is 7. The molecule has 0 atom stereocenters. The number of ether oxygens (including phenoxy) is 1. The molecule has 0 spiro atoms. The Morgan fingerprint density at radius 1 is 1.24 bits per heavy atom. The van der Waals surface area contributed by atoms with E-state index in [4.69, 9.17) is 39.1 Å². The highest BCUT2D eigenvalue weighted by molar-refractivity contribution is 6.36. The summed E-state index contributed by atoms with van der Waals surface area (Å²) in [7, 11) is 0. The predicted octanol–water partition coefficient (Wildman–Crippen LogP) is 5.93. The van der Waals surface area contributed by atoms with E-state index in [9.17, 15) is 18.4 Å². The van der Waals surface area contributed by atoms with Gasteiger partial charge in [-0.3, -0.25) is 10.4 Å². The van der Waals surface area contributed by atoms with Gasteiger partial charge in [-0.1, -0.05) is 23.2 Å². The second kappa shape index (κ2) is 10.4. The van der Waals surface area contributed by atoms with Crippen molar-refractivity contribution in [1.29, 1.82) is 10.7 Å². The molecule has 4 rings (SSSR count). The molecule has 0 amide bonds. The maximum atomic E-state index is 12.6. The number of hydrogen-bond donors (Lipinski definition) is 2. The molecule has 1 aliphatic heterocycles. The largest absolute Gasteiger partial charge is 0.489 e. The van der Waals surface area contributed by atoms with Crippen molar-refractivity contribution >= 4 is 40.4 Å². The van der Waals surface area contributed by atoms with Crippen molar-refractivity contribution in [2.24, 2.45) is 5.92 Å². The number of aryl methyl sites for hydroxylation is 1. The lowest BCUT2D eigenvalue weighted by molar-refractivity contribution is -0.146. The SMILES string of the molecule is Cc1ncc(Cl)c(COc2ccc(N)c(C(=N)c3cnc(N4CC(CC(F)(F)F)C4)c(C#N)c3)c2)c1Cl. The lowest BCUT2D eigenvalue weighted by Crippen LogP contribution is -2.49. The van der Waals surface area contributed by atoms with Crippen molar-refractivity contribution < 1.29 is 17.9 Å². The maximum absolute atomic E-state index is 12.6. The number of nitrogens with zero attached hydrogens (tertiary/aromatic N) is 4. The first kappa shape index (κ1) is 26.5. The number of anilines is 2. The molecule has 12 heteroatoms. The third-order valence-corrected chi connectivity index (χ3v) is 6.80. The average molecular weight is 549 g/mol. The molecule has 0 saturated carbocycles. The summed E-state index contributed by atoms with van der Waals surface area (Å²) in [5.41, 5.74) is 8.47. The number of nitriles is 1. The fourth-order valence-corrected chi connectivity index (χ4v) is 4.48. The van der Waals surface area contributed by atoms with Crippen LogP contribution in [0, 0.1) is 29.6 Å². The van der Waals surface area contributed by atoms with Crippen molar-refractivity contribution in [2.45, 2.75) is 26.1 Å². The van der Waals surface area contributed by atoms with Gasteiger partial charge in [0.15, 0.2) is 0 Å². The van der Waals surface area contributed by atoms with Crippen molar-refractivity contribution in [2.75, 3.05) is 23.7 Å². The zero-order valence-corrected chi connectivity index (χ0v) is 21.0. The van der Waals surface area contributed by atoms with E-state index in [1.807, 2.05) is 6.07 Å². The molecule has 192 valence electrons. The molecule has 0 bridgehead atoms. The van der Waals surface area contributed by atoms with Crippen molar-refractivity contribution in [3.8, 4) is 11.8 Å². The molecule has 1 fully saturated rings. The number of nitrogens with one attached hydrogen (secondary N) is 1. The van der Waals surface area contributed by atoms with Gasteiger partial charge in [0.25, 0.3) is 0 Å². The van der Waals surface area contributed by atoms with Crippen LogP contribution in [0.5, 0.6) is 5.75 Å². The zero-order valence-electron chi connectivity index (χ0n) is 19.5. The van der Waals surface area contributed by atoms with Gasteiger partial charge < -0.3 is 15.4 Å². The summed E-state index contributed by atoms with van der Waals surface area (Å²) >= 11 is 12.5. The minimum absolute atomic E-state index is 0.00729. The monoisotopic (exact) mass is 548 g/mol. The van der Waals surface area contributed by atoms with E-state index in [0.29, 0.717) is 49.7 Å². The molecule has 2 aromatic heterocycles. The summed E-state index contributed by atoms with van der Waals surface area (Å²) in [4.78, 5) is 10.00. The van der Waals surface area contributed by atoms with Crippen LogP contribution in [0.4, 0.5) is 24.7 Å². The Hall–Kier alpha value is -3.55. The third kappa shape index (κ3) is 5.89. The molecular formula is C25H21Cl2F3N6O. The van der Waals surface area contributed by atoms with E-state index in [2.05, 4.69) is 9.97 Å². The van der Waals surface area contributed by atoms with E-state index in [1.54, 1.807) is 30.0 Å². The highest BCUT2D eigenvalue weighted by Crippen LogP contribution is 2.34. The highest BCUT2D eigenvalue weighted by atomic mass is 35.5. The Morgan fingerprint density at radius 3 is 2.65 bits per heavy atom. The molecule has 3 heterocycles. The molecule has 3 aromatic rings. The van der Waals surface area contributed by atoms with Gasteiger partial charge in [-0.25, -0.2) is 4.98 Å². The number of nitrogens with two attached hydrogens (primary N) is 1. The number of nitrogen functional groups attached to an aromatic ring is 1. The fourth-order valence-electron chi connectivity index (χ4n) is 4.02. The summed E-state index contributed by atoms with van der Waals surface area (Å²) in [6.45, 7) is 2.14. The number of alkyl halides is 3. The molecule has 0 radical (unpaired) electrons. The van der Waals surface area contributed by atoms with Crippen LogP contribution < -0.4 is 15.4 Å². The van der Waals surface area contributed by atoms with Crippen LogP contribution in [0.2, 0.25) is 10.0 Å². The minimum atomic E-state index is -4.23. The van der Waals surface area contributed by atoms with Gasteiger partial charge in [0.2, 0.25) is 0 Å². The Morgan fingerprint density at radius 2 is 1.97 bits per heavy atom. The summed E-state index contributed by atoms with van der Waals surface area (Å²) < 4.78 is 43.7. The first-order valence-electron chi connectivity index (χ1n) is 11.1. The van der Waals surface area contributed by atoms with Crippen molar-refractivity contribution in [3.05, 3.63) is 74.7 Å². The Kier molecular flexibility index (Phi) is 7.48. The maximum Gasteiger partial charge on any atom is 0.389 e. The Balaban J connectivity index is 1.51. The number of rotatable bonds is 7. The van der Waals surface area contributed by atoms with E-state index >= 15 is 0 Å². The van der Waals surface area contributed by atoms with Gasteiger partial charge >= 0.3 is 6.18 Å². The molecule has 1 saturated heterocycles. The van der Waals surface area contributed by atoms with Crippen LogP contribution in [0.1, 0.15) is 34.4 Å². The summed E-state index contributed by atoms with van der Waals surface area (Å²) in [6.07, 6.45) is -2.20. The molecule has 7 nitrogen and oxygen atoms in total. The zero-order chi connectivity index (χ0) is 26.9. The third-order valence-electron chi connectivity index (χ3n) is 5.97. The van der Waals surface area contributed by atoms with Crippen molar-refractivity contribution in [1.82, 2.24) is 9.97 Å². The molecule has 0 aliphatic carbocycles. The van der Waals surface area contributed by atoms with Crippen LogP contribution in [0.25, 0.3) is 0 Å². The second-order valence-corrected chi connectivity index (χ2v) is 9.48. The fraction of sp³-hybridized carbons (Fsp3) is 0.280. The van der Waals surface area contributed by atoms with Crippen LogP contribution in [0.3, 0.4) is 0 Å². The molecular weight excluding hydrogens is 528 g/mol. The molecule has 3 N–H and O–H groups in total. The number of aromatic nitrogens is 2. The second-order valence-electron chi connectivity index (χ2n) is 8.69. The smallest absolute Gasteiger partial charge is 0.389 e. The Bertz CT molecular complexity index is 1400. The molecule has 0 unspecified atom stereocenters. The van der Waals surface area contributed by atoms with Gasteiger partial charge in [0, 0.05) is 60.2 Å². The summed E-state index contributed by atoms with van der Waals surface area (Å²) in [5.74, 6) is 0.176. The standard InChI is InChI=1S/C25H21Cl2F3N6O/c1-13-22(27)19(20(26)9-34-13)12-37-17-2-3-21(32)18(5-17)23(33)16-4-15(7-31)24(35-8-16)36-10-14(11-36)6-25(28,29)30/h2-5,8-9,14,33H,6,10-12,32H2,1H3. The first-order valence-corrected chi connectivity index (χ1v) is 11.9. The van der Waals surface area contributed by atoms with E-state index < -0.39 is 18.5 Å². The minimum Gasteiger partial charge on any atom is -0.489 e. The van der Waals surface area contributed by atoms with Gasteiger partial charge in [0.1, 0.15) is 24.2 Å². The molecule has 1 aromatic carbocycles. The lowest BCUT2D eigenvalue weighted by atomic mass is 9.95. The Labute approximate surface area is 221 Å². The average Bonchev–Trinajstić information content (AvgIpc) is 2.83. The summed E-state index contributed by atoms with van der Waals surface area (Å²) in [5, 5.41) is 19.0. The van der Waals surface area contributed by atoms with Crippen LogP contribution in [-0.4, -0.2) is 34.9 Å². The summed E-state index contributed by atoms with van der Waals surface area (Å²) in [6, 6.07) is 8.33. The van der Waals surface area contributed by atoms with Gasteiger partial charge in [-0.15, -0.1) is 0 Å². The lowest BCUT2D eigenvalue weighted by Gasteiger charge is -2.40. The van der Waals surface area contributed by atoms with Gasteiger partial charge in [0.05, 0.1) is 27.0 Å². The number of benzene rings is 1. The van der Waals surface area contributed by atoms with Gasteiger partial charge in [-0.05, 0) is 31.2 Å². The van der Waals surface area contributed by atoms with Crippen LogP contribution >= 0.6 is 23.2 Å². The van der Waals surface area contributed by atoms with E-state index in [0.717, 1.165) is 0 Å². The van der Waals surface area contributed by atoms with E-state index in [-0.39, 0.29) is 31.0 Å². The van der Waals surface area contributed by atoms with E-state index in [1.165, 1.54) is 18.5 Å². The normalized spacial score (nSPS) is 13.7. The highest BCUT2D eigenvalue weighted by Gasteiger charge is 2.39. The molecule has 1 aliphatic rings. The topological polar surface area (TPSA) is 112 Å². The number of halogens is 5. The first-order chi connectivity index (χ1) is 17.5. The van der Waals surface area contributed by atoms with Crippen molar-refractivity contribution in [3.63, 3.8) is 0 Å². The predicted molar refractivity (Wildman–Crippen MR) is 135 cm³/mol. The van der Waals surface area contributed by atoms with Crippen LogP contribution in [-0.2, 0) is 6.61 Å². The van der Waals surface area contributed by atoms with Gasteiger partial charge in [-0.2, -0.15) is 18.4 Å².